The molecule has 0 atom stereocenters. The van der Waals surface area contributed by atoms with E-state index in [1.54, 1.807) is 31.2 Å². The summed E-state index contributed by atoms with van der Waals surface area (Å²) in [5, 5.41) is 18.7. The molecule has 2 aromatic rings. The fourth-order valence-corrected chi connectivity index (χ4v) is 2.52. The average molecular weight is 249 g/mol. The fourth-order valence-electron chi connectivity index (χ4n) is 1.46. The van der Waals surface area contributed by atoms with E-state index >= 15 is 0 Å². The van der Waals surface area contributed by atoms with Crippen LogP contribution in [0.5, 0.6) is 5.75 Å². The zero-order chi connectivity index (χ0) is 12.4. The molecule has 0 aliphatic rings. The summed E-state index contributed by atoms with van der Waals surface area (Å²) in [5.41, 5.74) is 1.63. The third-order valence-corrected chi connectivity index (χ3v) is 3.53. The van der Waals surface area contributed by atoms with Crippen LogP contribution in [0.2, 0.25) is 0 Å². The zero-order valence-corrected chi connectivity index (χ0v) is 9.99. The van der Waals surface area contributed by atoms with Crippen molar-refractivity contribution in [3.63, 3.8) is 0 Å². The molecule has 0 fully saturated rings. The quantitative estimate of drug-likeness (QED) is 0.876. The largest absolute Gasteiger partial charge is 0.508 e. The van der Waals surface area contributed by atoms with Crippen LogP contribution in [0, 0.1) is 6.92 Å². The standard InChI is InChI=1S/C12H11NO3S/c1-7-10(6-11(15)16)17-12(13-7)8-2-4-9(14)5-3-8/h2-5,14H,6H2,1H3,(H,15,16). The molecule has 0 aliphatic heterocycles. The van der Waals surface area contributed by atoms with Gasteiger partial charge in [0.1, 0.15) is 10.8 Å². The highest BCUT2D eigenvalue weighted by atomic mass is 32.1. The molecule has 0 spiro atoms. The van der Waals surface area contributed by atoms with Crippen LogP contribution in [-0.2, 0) is 11.2 Å². The molecule has 1 heterocycles. The third kappa shape index (κ3) is 2.62. The number of aromatic hydroxyl groups is 1. The lowest BCUT2D eigenvalue weighted by atomic mass is 10.2. The van der Waals surface area contributed by atoms with Crippen LogP contribution in [0.15, 0.2) is 24.3 Å². The van der Waals surface area contributed by atoms with Gasteiger partial charge < -0.3 is 10.2 Å². The summed E-state index contributed by atoms with van der Waals surface area (Å²) < 4.78 is 0. The lowest BCUT2D eigenvalue weighted by Gasteiger charge is -1.95. The van der Waals surface area contributed by atoms with E-state index in [1.807, 2.05) is 0 Å². The highest BCUT2D eigenvalue weighted by Crippen LogP contribution is 2.29. The summed E-state index contributed by atoms with van der Waals surface area (Å²) >= 11 is 1.37. The lowest BCUT2D eigenvalue weighted by molar-refractivity contribution is -0.136. The highest BCUT2D eigenvalue weighted by Gasteiger charge is 2.12. The topological polar surface area (TPSA) is 70.4 Å². The Labute approximate surface area is 102 Å². The van der Waals surface area contributed by atoms with Crippen molar-refractivity contribution in [2.75, 3.05) is 0 Å². The van der Waals surface area contributed by atoms with Crippen molar-refractivity contribution < 1.29 is 15.0 Å². The Morgan fingerprint density at radius 1 is 1.35 bits per heavy atom. The molecule has 1 aromatic heterocycles. The molecule has 17 heavy (non-hydrogen) atoms. The normalized spacial score (nSPS) is 10.4. The van der Waals surface area contributed by atoms with Gasteiger partial charge in [-0.05, 0) is 31.2 Å². The van der Waals surface area contributed by atoms with E-state index in [0.29, 0.717) is 0 Å². The van der Waals surface area contributed by atoms with E-state index in [-0.39, 0.29) is 12.2 Å². The van der Waals surface area contributed by atoms with Crippen molar-refractivity contribution in [1.82, 2.24) is 4.98 Å². The number of carboxylic acid groups (broad SMARTS) is 1. The number of benzene rings is 1. The first-order valence-electron chi connectivity index (χ1n) is 5.04. The molecule has 5 heteroatoms. The Bertz CT molecular complexity index is 545. The van der Waals surface area contributed by atoms with Crippen LogP contribution in [0.1, 0.15) is 10.6 Å². The Morgan fingerprint density at radius 3 is 2.59 bits per heavy atom. The summed E-state index contributed by atoms with van der Waals surface area (Å²) in [6.07, 6.45) is 0.00157. The van der Waals surface area contributed by atoms with Crippen molar-refractivity contribution in [2.45, 2.75) is 13.3 Å². The molecule has 88 valence electrons. The van der Waals surface area contributed by atoms with E-state index in [1.165, 1.54) is 11.3 Å². The number of phenols is 1. The van der Waals surface area contributed by atoms with Gasteiger partial charge in [0, 0.05) is 10.4 Å². The Balaban J connectivity index is 2.34. The van der Waals surface area contributed by atoms with Crippen molar-refractivity contribution in [2.24, 2.45) is 0 Å². The maximum atomic E-state index is 10.7. The predicted molar refractivity (Wildman–Crippen MR) is 65.3 cm³/mol. The molecule has 4 nitrogen and oxygen atoms in total. The summed E-state index contributed by atoms with van der Waals surface area (Å²) in [5.74, 6) is -0.651. The van der Waals surface area contributed by atoms with Crippen LogP contribution in [0.25, 0.3) is 10.6 Å². The number of aliphatic carboxylic acids is 1. The second-order valence-electron chi connectivity index (χ2n) is 3.64. The van der Waals surface area contributed by atoms with E-state index in [2.05, 4.69) is 4.98 Å². The van der Waals surface area contributed by atoms with Gasteiger partial charge in [0.15, 0.2) is 0 Å². The number of aromatic nitrogens is 1. The number of aryl methyl sites for hydroxylation is 1. The maximum Gasteiger partial charge on any atom is 0.308 e. The summed E-state index contributed by atoms with van der Waals surface area (Å²) in [6, 6.07) is 6.70. The van der Waals surface area contributed by atoms with E-state index in [0.717, 1.165) is 21.1 Å². The lowest BCUT2D eigenvalue weighted by Crippen LogP contribution is -1.99. The van der Waals surface area contributed by atoms with E-state index < -0.39 is 5.97 Å². The number of hydrogen-bond donors (Lipinski definition) is 2. The van der Waals surface area contributed by atoms with Gasteiger partial charge in [-0.25, -0.2) is 4.98 Å². The van der Waals surface area contributed by atoms with Crippen molar-refractivity contribution >= 4 is 17.3 Å². The van der Waals surface area contributed by atoms with Gasteiger partial charge in [0.2, 0.25) is 0 Å². The van der Waals surface area contributed by atoms with E-state index in [4.69, 9.17) is 5.11 Å². The molecule has 0 aliphatic carbocycles. The molecule has 1 aromatic carbocycles. The van der Waals surface area contributed by atoms with Crippen LogP contribution in [0.3, 0.4) is 0 Å². The van der Waals surface area contributed by atoms with Crippen molar-refractivity contribution in [3.8, 4) is 16.3 Å². The predicted octanol–water partition coefficient (Wildman–Crippen LogP) is 2.45. The minimum absolute atomic E-state index is 0.00157. The number of rotatable bonds is 3. The summed E-state index contributed by atoms with van der Waals surface area (Å²) in [4.78, 5) is 15.8. The Morgan fingerprint density at radius 2 is 2.00 bits per heavy atom. The minimum atomic E-state index is -0.853. The number of nitrogens with zero attached hydrogens (tertiary/aromatic N) is 1. The highest BCUT2D eigenvalue weighted by molar-refractivity contribution is 7.15. The van der Waals surface area contributed by atoms with Gasteiger partial charge in [-0.15, -0.1) is 11.3 Å². The van der Waals surface area contributed by atoms with Crippen molar-refractivity contribution in [1.29, 1.82) is 0 Å². The number of thiazole rings is 1. The molecule has 0 unspecified atom stereocenters. The number of carboxylic acids is 1. The number of phenolic OH excluding ortho intramolecular Hbond substituents is 1. The maximum absolute atomic E-state index is 10.7. The summed E-state index contributed by atoms with van der Waals surface area (Å²) in [7, 11) is 0. The van der Waals surface area contributed by atoms with Crippen LogP contribution >= 0.6 is 11.3 Å². The molecular weight excluding hydrogens is 238 g/mol. The first-order valence-corrected chi connectivity index (χ1v) is 5.85. The Kier molecular flexibility index (Phi) is 3.10. The summed E-state index contributed by atoms with van der Waals surface area (Å²) in [6.45, 7) is 1.80. The van der Waals surface area contributed by atoms with Gasteiger partial charge in [-0.2, -0.15) is 0 Å². The van der Waals surface area contributed by atoms with Crippen molar-refractivity contribution in [3.05, 3.63) is 34.8 Å². The van der Waals surface area contributed by atoms with E-state index in [9.17, 15) is 9.90 Å². The second-order valence-corrected chi connectivity index (χ2v) is 4.73. The molecular formula is C12H11NO3S. The Hall–Kier alpha value is -1.88. The minimum Gasteiger partial charge on any atom is -0.508 e. The molecule has 2 rings (SSSR count). The first-order chi connectivity index (χ1) is 8.06. The molecule has 0 radical (unpaired) electrons. The SMILES string of the molecule is Cc1nc(-c2ccc(O)cc2)sc1CC(=O)O. The first kappa shape index (κ1) is 11.6. The number of carbonyl (C=O) groups is 1. The van der Waals surface area contributed by atoms with Gasteiger partial charge in [-0.1, -0.05) is 0 Å². The van der Waals surface area contributed by atoms with Gasteiger partial charge >= 0.3 is 5.97 Å². The monoisotopic (exact) mass is 249 g/mol. The second kappa shape index (κ2) is 4.55. The molecule has 0 saturated heterocycles. The molecule has 0 bridgehead atoms. The molecule has 2 N–H and O–H groups in total. The van der Waals surface area contributed by atoms with Gasteiger partial charge in [0.25, 0.3) is 0 Å². The smallest absolute Gasteiger partial charge is 0.308 e. The van der Waals surface area contributed by atoms with Gasteiger partial charge in [-0.3, -0.25) is 4.79 Å². The average Bonchev–Trinajstić information content (AvgIpc) is 2.60. The molecule has 0 amide bonds. The van der Waals surface area contributed by atoms with Gasteiger partial charge in [0.05, 0.1) is 12.1 Å². The van der Waals surface area contributed by atoms with Crippen LogP contribution < -0.4 is 0 Å². The zero-order valence-electron chi connectivity index (χ0n) is 9.17. The van der Waals surface area contributed by atoms with Crippen LogP contribution in [-0.4, -0.2) is 21.2 Å². The third-order valence-electron chi connectivity index (χ3n) is 2.32. The number of hydrogen-bond acceptors (Lipinski definition) is 4. The molecule has 0 saturated carbocycles. The fraction of sp³-hybridized carbons (Fsp3) is 0.167. The van der Waals surface area contributed by atoms with Crippen LogP contribution in [0.4, 0.5) is 0 Å².